The Kier molecular flexibility index (Phi) is 12.3. The fourth-order valence-electron chi connectivity index (χ4n) is 3.66. The Balaban J connectivity index is 1.69. The van der Waals surface area contributed by atoms with Crippen molar-refractivity contribution >= 4 is 0 Å². The molecule has 1 heterocycles. The minimum Gasteiger partial charge on any atom is -0.312 e. The van der Waals surface area contributed by atoms with Crippen LogP contribution in [-0.2, 0) is 0 Å². The number of nitrogens with one attached hydrogen (secondary N) is 1. The van der Waals surface area contributed by atoms with Crippen LogP contribution in [0.2, 0.25) is 0 Å². The summed E-state index contributed by atoms with van der Waals surface area (Å²) in [5.74, 6) is 0. The first kappa shape index (κ1) is 19.0. The fourth-order valence-corrected chi connectivity index (χ4v) is 3.66. The van der Waals surface area contributed by atoms with Gasteiger partial charge in [0.2, 0.25) is 0 Å². The standard InChI is InChI=1S/C20H41N/c1-3-4-5-6-7-8-9-10-11-12-13-14-15-16-20-18-17-19(2)21-20/h19-21H,3-18H2,1-2H3/t19-,20-/m1/s1. The molecule has 0 radical (unpaired) electrons. The van der Waals surface area contributed by atoms with Crippen LogP contribution in [0.25, 0.3) is 0 Å². The molecule has 1 N–H and O–H groups in total. The van der Waals surface area contributed by atoms with Crippen LogP contribution in [0.3, 0.4) is 0 Å². The molecule has 0 aromatic heterocycles. The highest BCUT2D eigenvalue weighted by molar-refractivity contribution is 4.80. The minimum atomic E-state index is 0.775. The van der Waals surface area contributed by atoms with Crippen molar-refractivity contribution in [2.24, 2.45) is 0 Å². The van der Waals surface area contributed by atoms with Gasteiger partial charge in [-0.05, 0) is 26.2 Å². The second-order valence-corrected chi connectivity index (χ2v) is 7.37. The molecule has 0 aliphatic carbocycles. The van der Waals surface area contributed by atoms with Gasteiger partial charge in [-0.3, -0.25) is 0 Å². The summed E-state index contributed by atoms with van der Waals surface area (Å²) in [6.45, 7) is 4.62. The van der Waals surface area contributed by atoms with E-state index in [0.717, 1.165) is 12.1 Å². The Hall–Kier alpha value is -0.0400. The van der Waals surface area contributed by atoms with E-state index in [1.807, 2.05) is 0 Å². The molecule has 1 saturated heterocycles. The largest absolute Gasteiger partial charge is 0.312 e. The molecule has 0 saturated carbocycles. The Morgan fingerprint density at radius 2 is 1.14 bits per heavy atom. The lowest BCUT2D eigenvalue weighted by Gasteiger charge is -2.11. The SMILES string of the molecule is CCCCCCCCCCCCCCC[C@@H]1CC[C@@H](C)N1. The number of unbranched alkanes of at least 4 members (excludes halogenated alkanes) is 12. The molecule has 0 amide bonds. The Bertz CT molecular complexity index is 214. The summed E-state index contributed by atoms with van der Waals surface area (Å²) in [6, 6.07) is 1.62. The zero-order chi connectivity index (χ0) is 15.2. The van der Waals surface area contributed by atoms with Crippen molar-refractivity contribution in [3.8, 4) is 0 Å². The normalized spacial score (nSPS) is 22.0. The molecule has 1 fully saturated rings. The van der Waals surface area contributed by atoms with E-state index in [9.17, 15) is 0 Å². The molecule has 1 aliphatic heterocycles. The predicted octanol–water partition coefficient (Wildman–Crippen LogP) is 6.61. The maximum atomic E-state index is 3.70. The third-order valence-corrected chi connectivity index (χ3v) is 5.12. The van der Waals surface area contributed by atoms with E-state index in [1.54, 1.807) is 0 Å². The summed E-state index contributed by atoms with van der Waals surface area (Å²) in [5, 5.41) is 3.70. The van der Waals surface area contributed by atoms with E-state index >= 15 is 0 Å². The van der Waals surface area contributed by atoms with Crippen molar-refractivity contribution in [2.45, 2.75) is 129 Å². The van der Waals surface area contributed by atoms with Crippen LogP contribution in [0.4, 0.5) is 0 Å². The average Bonchev–Trinajstić information content (AvgIpc) is 2.89. The molecule has 0 aromatic rings. The van der Waals surface area contributed by atoms with E-state index in [2.05, 4.69) is 19.2 Å². The number of hydrogen-bond donors (Lipinski definition) is 1. The Morgan fingerprint density at radius 1 is 0.667 bits per heavy atom. The summed E-state index contributed by atoms with van der Waals surface area (Å²) in [5.41, 5.74) is 0. The monoisotopic (exact) mass is 295 g/mol. The van der Waals surface area contributed by atoms with E-state index in [1.165, 1.54) is 103 Å². The first-order valence-corrected chi connectivity index (χ1v) is 10.1. The van der Waals surface area contributed by atoms with Crippen molar-refractivity contribution in [1.82, 2.24) is 5.32 Å². The van der Waals surface area contributed by atoms with Crippen LogP contribution in [0.15, 0.2) is 0 Å². The summed E-state index contributed by atoms with van der Waals surface area (Å²) in [7, 11) is 0. The highest BCUT2D eigenvalue weighted by Gasteiger charge is 2.18. The van der Waals surface area contributed by atoms with Crippen molar-refractivity contribution in [3.05, 3.63) is 0 Å². The molecule has 126 valence electrons. The van der Waals surface area contributed by atoms with Crippen LogP contribution in [0.1, 0.15) is 117 Å². The average molecular weight is 296 g/mol. The van der Waals surface area contributed by atoms with Gasteiger partial charge in [-0.15, -0.1) is 0 Å². The highest BCUT2D eigenvalue weighted by atomic mass is 15.0. The fraction of sp³-hybridized carbons (Fsp3) is 1.00. The predicted molar refractivity (Wildman–Crippen MR) is 95.9 cm³/mol. The molecule has 1 heteroatoms. The number of rotatable bonds is 14. The van der Waals surface area contributed by atoms with E-state index in [4.69, 9.17) is 0 Å². The van der Waals surface area contributed by atoms with E-state index in [-0.39, 0.29) is 0 Å². The minimum absolute atomic E-state index is 0.775. The number of hydrogen-bond acceptors (Lipinski definition) is 1. The molecule has 0 bridgehead atoms. The van der Waals surface area contributed by atoms with Gasteiger partial charge in [0.05, 0.1) is 0 Å². The molecule has 0 spiro atoms. The summed E-state index contributed by atoms with van der Waals surface area (Å²) >= 11 is 0. The Morgan fingerprint density at radius 3 is 1.57 bits per heavy atom. The van der Waals surface area contributed by atoms with E-state index in [0.29, 0.717) is 0 Å². The molecule has 0 unspecified atom stereocenters. The molecule has 1 aliphatic rings. The quantitative estimate of drug-likeness (QED) is 0.356. The van der Waals surface area contributed by atoms with Crippen LogP contribution < -0.4 is 5.32 Å². The maximum absolute atomic E-state index is 3.70. The lowest BCUT2D eigenvalue weighted by Crippen LogP contribution is -2.26. The Labute approximate surface area is 134 Å². The van der Waals surface area contributed by atoms with Crippen molar-refractivity contribution in [2.75, 3.05) is 0 Å². The molecule has 0 aromatic carbocycles. The van der Waals surface area contributed by atoms with Gasteiger partial charge >= 0.3 is 0 Å². The lowest BCUT2D eigenvalue weighted by atomic mass is 10.0. The molecular weight excluding hydrogens is 254 g/mol. The summed E-state index contributed by atoms with van der Waals surface area (Å²) in [6.07, 6.45) is 23.2. The highest BCUT2D eigenvalue weighted by Crippen LogP contribution is 2.18. The topological polar surface area (TPSA) is 12.0 Å². The molecular formula is C20H41N. The second kappa shape index (κ2) is 13.6. The zero-order valence-corrected chi connectivity index (χ0v) is 15.0. The van der Waals surface area contributed by atoms with Crippen molar-refractivity contribution < 1.29 is 0 Å². The summed E-state index contributed by atoms with van der Waals surface area (Å²) in [4.78, 5) is 0. The smallest absolute Gasteiger partial charge is 0.00701 e. The van der Waals surface area contributed by atoms with Gasteiger partial charge in [-0.2, -0.15) is 0 Å². The van der Waals surface area contributed by atoms with Gasteiger partial charge < -0.3 is 5.32 Å². The molecule has 2 atom stereocenters. The van der Waals surface area contributed by atoms with Gasteiger partial charge in [0, 0.05) is 12.1 Å². The van der Waals surface area contributed by atoms with Gasteiger partial charge in [-0.25, -0.2) is 0 Å². The molecule has 1 rings (SSSR count). The zero-order valence-electron chi connectivity index (χ0n) is 15.0. The maximum Gasteiger partial charge on any atom is 0.00701 e. The lowest BCUT2D eigenvalue weighted by molar-refractivity contribution is 0.483. The third kappa shape index (κ3) is 11.2. The second-order valence-electron chi connectivity index (χ2n) is 7.37. The first-order valence-electron chi connectivity index (χ1n) is 10.1. The van der Waals surface area contributed by atoms with Crippen LogP contribution in [-0.4, -0.2) is 12.1 Å². The van der Waals surface area contributed by atoms with Gasteiger partial charge in [0.1, 0.15) is 0 Å². The van der Waals surface area contributed by atoms with Crippen molar-refractivity contribution in [3.63, 3.8) is 0 Å². The summed E-state index contributed by atoms with van der Waals surface area (Å²) < 4.78 is 0. The van der Waals surface area contributed by atoms with Gasteiger partial charge in [0.25, 0.3) is 0 Å². The molecule has 1 nitrogen and oxygen atoms in total. The van der Waals surface area contributed by atoms with Gasteiger partial charge in [-0.1, -0.05) is 90.4 Å². The van der Waals surface area contributed by atoms with Crippen LogP contribution in [0, 0.1) is 0 Å². The van der Waals surface area contributed by atoms with Gasteiger partial charge in [0.15, 0.2) is 0 Å². The molecule has 21 heavy (non-hydrogen) atoms. The van der Waals surface area contributed by atoms with Crippen LogP contribution in [0.5, 0.6) is 0 Å². The van der Waals surface area contributed by atoms with Crippen LogP contribution >= 0.6 is 0 Å². The first-order chi connectivity index (χ1) is 10.3. The third-order valence-electron chi connectivity index (χ3n) is 5.12. The van der Waals surface area contributed by atoms with E-state index < -0.39 is 0 Å². The van der Waals surface area contributed by atoms with Crippen molar-refractivity contribution in [1.29, 1.82) is 0 Å².